The normalized spacial score (nSPS) is 21.9. The zero-order valence-corrected chi connectivity index (χ0v) is 11.0. The molecule has 2 rings (SSSR count). The predicted octanol–water partition coefficient (Wildman–Crippen LogP) is -0.998. The number of carboxylic acids is 1. The van der Waals surface area contributed by atoms with Gasteiger partial charge < -0.3 is 10.0 Å². The van der Waals surface area contributed by atoms with E-state index in [1.165, 1.54) is 11.8 Å². The monoisotopic (exact) mass is 281 g/mol. The van der Waals surface area contributed by atoms with Crippen molar-refractivity contribution in [2.24, 2.45) is 0 Å². The van der Waals surface area contributed by atoms with Crippen molar-refractivity contribution in [3.8, 4) is 0 Å². The summed E-state index contributed by atoms with van der Waals surface area (Å²) >= 11 is 0. The molecule has 0 aliphatic carbocycles. The standard InChI is InChI=1S/C12H15N3O5/c1-12(11(19)20)5-2-6-14(12)10(18)7-15-9(17)4-3-8(16)13-15/h3-4H,2,5-7H2,1H3,(H,13,16)(H,19,20). The molecular weight excluding hydrogens is 266 g/mol. The van der Waals surface area contributed by atoms with Crippen LogP contribution in [0.4, 0.5) is 0 Å². The number of aromatic nitrogens is 2. The van der Waals surface area contributed by atoms with E-state index in [-0.39, 0.29) is 6.54 Å². The average molecular weight is 281 g/mol. The molecule has 1 aromatic rings. The van der Waals surface area contributed by atoms with Gasteiger partial charge in [0, 0.05) is 18.7 Å². The van der Waals surface area contributed by atoms with Crippen LogP contribution in [0.2, 0.25) is 0 Å². The second kappa shape index (κ2) is 4.95. The lowest BCUT2D eigenvalue weighted by Crippen LogP contribution is -2.52. The van der Waals surface area contributed by atoms with Gasteiger partial charge in [-0.25, -0.2) is 9.48 Å². The van der Waals surface area contributed by atoms with Gasteiger partial charge in [-0.3, -0.25) is 19.5 Å². The first-order valence-electron chi connectivity index (χ1n) is 6.18. The number of amides is 1. The fourth-order valence-electron chi connectivity index (χ4n) is 2.39. The Morgan fingerprint density at radius 3 is 2.75 bits per heavy atom. The number of H-pyrrole nitrogens is 1. The van der Waals surface area contributed by atoms with Crippen LogP contribution in [0.15, 0.2) is 21.7 Å². The van der Waals surface area contributed by atoms with Gasteiger partial charge in [0.15, 0.2) is 0 Å². The van der Waals surface area contributed by atoms with Crippen molar-refractivity contribution >= 4 is 11.9 Å². The Kier molecular flexibility index (Phi) is 3.47. The molecule has 1 aliphatic rings. The number of nitrogens with one attached hydrogen (secondary N) is 1. The number of likely N-dealkylation sites (tertiary alicyclic amines) is 1. The summed E-state index contributed by atoms with van der Waals surface area (Å²) in [5, 5.41) is 11.5. The number of carboxylic acid groups (broad SMARTS) is 1. The molecule has 20 heavy (non-hydrogen) atoms. The van der Waals surface area contributed by atoms with Crippen LogP contribution in [-0.2, 0) is 16.1 Å². The summed E-state index contributed by atoms with van der Waals surface area (Å²) in [6, 6.07) is 2.13. The molecule has 2 N–H and O–H groups in total. The molecule has 1 unspecified atom stereocenters. The maximum Gasteiger partial charge on any atom is 0.329 e. The first-order chi connectivity index (χ1) is 9.34. The van der Waals surface area contributed by atoms with Gasteiger partial charge in [0.2, 0.25) is 5.91 Å². The molecular formula is C12H15N3O5. The molecule has 8 nitrogen and oxygen atoms in total. The molecule has 1 aromatic heterocycles. The number of aliphatic carboxylic acids is 1. The molecule has 108 valence electrons. The van der Waals surface area contributed by atoms with Crippen molar-refractivity contribution in [3.63, 3.8) is 0 Å². The van der Waals surface area contributed by atoms with E-state index in [4.69, 9.17) is 0 Å². The number of aromatic amines is 1. The highest BCUT2D eigenvalue weighted by atomic mass is 16.4. The van der Waals surface area contributed by atoms with E-state index < -0.39 is 28.5 Å². The van der Waals surface area contributed by atoms with Crippen molar-refractivity contribution in [3.05, 3.63) is 32.8 Å². The highest BCUT2D eigenvalue weighted by molar-refractivity contribution is 5.87. The predicted molar refractivity (Wildman–Crippen MR) is 68.3 cm³/mol. The van der Waals surface area contributed by atoms with E-state index in [0.29, 0.717) is 19.4 Å². The number of carbonyl (C=O) groups excluding carboxylic acids is 1. The first-order valence-corrected chi connectivity index (χ1v) is 6.18. The van der Waals surface area contributed by atoms with Crippen LogP contribution in [0, 0.1) is 0 Å². The second-order valence-electron chi connectivity index (χ2n) is 4.96. The average Bonchev–Trinajstić information content (AvgIpc) is 2.77. The number of rotatable bonds is 3. The van der Waals surface area contributed by atoms with Crippen LogP contribution >= 0.6 is 0 Å². The van der Waals surface area contributed by atoms with Crippen LogP contribution in [0.5, 0.6) is 0 Å². The molecule has 2 heterocycles. The highest BCUT2D eigenvalue weighted by Crippen LogP contribution is 2.29. The number of hydrogen-bond donors (Lipinski definition) is 2. The van der Waals surface area contributed by atoms with Gasteiger partial charge in [-0.1, -0.05) is 0 Å². The lowest BCUT2D eigenvalue weighted by molar-refractivity contribution is -0.155. The van der Waals surface area contributed by atoms with Crippen LogP contribution in [0.25, 0.3) is 0 Å². The molecule has 0 bridgehead atoms. The van der Waals surface area contributed by atoms with E-state index >= 15 is 0 Å². The van der Waals surface area contributed by atoms with Crippen LogP contribution in [0.1, 0.15) is 19.8 Å². The van der Waals surface area contributed by atoms with Gasteiger partial charge in [0.1, 0.15) is 12.1 Å². The Bertz CT molecular complexity index is 662. The minimum atomic E-state index is -1.25. The van der Waals surface area contributed by atoms with E-state index in [0.717, 1.165) is 16.8 Å². The summed E-state index contributed by atoms with van der Waals surface area (Å²) in [5.74, 6) is -1.58. The molecule has 1 aliphatic heterocycles. The Labute approximate surface area is 113 Å². The first kappa shape index (κ1) is 14.0. The van der Waals surface area contributed by atoms with Crippen molar-refractivity contribution in [2.75, 3.05) is 6.54 Å². The topological polar surface area (TPSA) is 112 Å². The van der Waals surface area contributed by atoms with Gasteiger partial charge in [0.25, 0.3) is 11.1 Å². The summed E-state index contributed by atoms with van der Waals surface area (Å²) in [4.78, 5) is 47.4. The van der Waals surface area contributed by atoms with E-state index in [1.54, 1.807) is 0 Å². The van der Waals surface area contributed by atoms with Crippen LogP contribution < -0.4 is 11.1 Å². The summed E-state index contributed by atoms with van der Waals surface area (Å²) in [7, 11) is 0. The van der Waals surface area contributed by atoms with Gasteiger partial charge in [-0.05, 0) is 19.8 Å². The third-order valence-electron chi connectivity index (χ3n) is 3.58. The van der Waals surface area contributed by atoms with Gasteiger partial charge >= 0.3 is 5.97 Å². The van der Waals surface area contributed by atoms with Gasteiger partial charge in [-0.2, -0.15) is 0 Å². The zero-order valence-electron chi connectivity index (χ0n) is 11.0. The van der Waals surface area contributed by atoms with E-state index in [9.17, 15) is 24.3 Å². The van der Waals surface area contributed by atoms with Crippen molar-refractivity contribution in [2.45, 2.75) is 31.8 Å². The lowest BCUT2D eigenvalue weighted by Gasteiger charge is -2.31. The molecule has 0 saturated carbocycles. The Hall–Kier alpha value is -2.38. The fraction of sp³-hybridized carbons (Fsp3) is 0.500. The third-order valence-corrected chi connectivity index (χ3v) is 3.58. The number of hydrogen-bond acceptors (Lipinski definition) is 4. The van der Waals surface area contributed by atoms with E-state index in [2.05, 4.69) is 5.10 Å². The van der Waals surface area contributed by atoms with Gasteiger partial charge in [-0.15, -0.1) is 0 Å². The smallest absolute Gasteiger partial charge is 0.329 e. The molecule has 1 saturated heterocycles. The maximum atomic E-state index is 12.2. The third kappa shape index (κ3) is 2.36. The Morgan fingerprint density at radius 1 is 1.40 bits per heavy atom. The minimum absolute atomic E-state index is 0.327. The Morgan fingerprint density at radius 2 is 2.10 bits per heavy atom. The van der Waals surface area contributed by atoms with Crippen molar-refractivity contribution in [1.82, 2.24) is 14.7 Å². The van der Waals surface area contributed by atoms with E-state index in [1.807, 2.05) is 0 Å². The lowest BCUT2D eigenvalue weighted by atomic mass is 9.99. The molecule has 8 heteroatoms. The van der Waals surface area contributed by atoms with Crippen LogP contribution in [0.3, 0.4) is 0 Å². The van der Waals surface area contributed by atoms with Crippen molar-refractivity contribution in [1.29, 1.82) is 0 Å². The fourth-order valence-corrected chi connectivity index (χ4v) is 2.39. The number of carbonyl (C=O) groups is 2. The quantitative estimate of drug-likeness (QED) is 0.738. The minimum Gasteiger partial charge on any atom is -0.480 e. The largest absolute Gasteiger partial charge is 0.480 e. The maximum absolute atomic E-state index is 12.2. The summed E-state index contributed by atoms with van der Waals surface area (Å²) < 4.78 is 0.880. The molecule has 1 fully saturated rings. The summed E-state index contributed by atoms with van der Waals surface area (Å²) in [6.07, 6.45) is 0.961. The highest BCUT2D eigenvalue weighted by Gasteiger charge is 2.45. The van der Waals surface area contributed by atoms with Gasteiger partial charge in [0.05, 0.1) is 0 Å². The molecule has 0 spiro atoms. The zero-order chi connectivity index (χ0) is 14.9. The van der Waals surface area contributed by atoms with Crippen LogP contribution in [-0.4, -0.2) is 43.7 Å². The molecule has 1 amide bonds. The van der Waals surface area contributed by atoms with Crippen molar-refractivity contribution < 1.29 is 14.7 Å². The summed E-state index contributed by atoms with van der Waals surface area (Å²) in [6.45, 7) is 1.43. The molecule has 0 radical (unpaired) electrons. The Balaban J connectivity index is 2.24. The SMILES string of the molecule is CC1(C(=O)O)CCCN1C(=O)Cn1[nH]c(=O)ccc1=O. The summed E-state index contributed by atoms with van der Waals surface area (Å²) in [5.41, 5.74) is -2.27. The number of nitrogens with zero attached hydrogens (tertiary/aromatic N) is 2. The second-order valence-corrected chi connectivity index (χ2v) is 4.96. The molecule has 0 aromatic carbocycles. The molecule has 1 atom stereocenters.